The fourth-order valence-corrected chi connectivity index (χ4v) is 1.77. The van der Waals surface area contributed by atoms with Gasteiger partial charge >= 0.3 is 0 Å². The standard InChI is InChI=1S/C11H13BrClF/c1-2-9(13)7-6-8-4-3-5-10(12)11(8)14/h3-5,9H,2,6-7H2,1H3. The third kappa shape index (κ3) is 3.25. The Morgan fingerprint density at radius 3 is 2.86 bits per heavy atom. The first kappa shape index (κ1) is 12.0. The predicted molar refractivity (Wildman–Crippen MR) is 62.4 cm³/mol. The maximum absolute atomic E-state index is 13.5. The van der Waals surface area contributed by atoms with E-state index in [0.29, 0.717) is 10.9 Å². The van der Waals surface area contributed by atoms with Crippen molar-refractivity contribution in [3.8, 4) is 0 Å². The Bertz CT molecular complexity index is 301. The maximum atomic E-state index is 13.5. The Morgan fingerprint density at radius 2 is 2.21 bits per heavy atom. The highest BCUT2D eigenvalue weighted by Gasteiger charge is 2.07. The molecule has 78 valence electrons. The van der Waals surface area contributed by atoms with Gasteiger partial charge in [-0.3, -0.25) is 0 Å². The van der Waals surface area contributed by atoms with Crippen molar-refractivity contribution in [2.24, 2.45) is 0 Å². The molecule has 0 aromatic heterocycles. The minimum absolute atomic E-state index is 0.147. The number of benzene rings is 1. The monoisotopic (exact) mass is 278 g/mol. The Morgan fingerprint density at radius 1 is 1.50 bits per heavy atom. The lowest BCUT2D eigenvalue weighted by molar-refractivity contribution is 0.594. The summed E-state index contributed by atoms with van der Waals surface area (Å²) in [7, 11) is 0. The van der Waals surface area contributed by atoms with Gasteiger partial charge in [0.2, 0.25) is 0 Å². The van der Waals surface area contributed by atoms with Crippen LogP contribution in [0.1, 0.15) is 25.3 Å². The summed E-state index contributed by atoms with van der Waals surface area (Å²) in [6, 6.07) is 5.36. The van der Waals surface area contributed by atoms with Crippen LogP contribution in [0, 0.1) is 5.82 Å². The summed E-state index contributed by atoms with van der Waals surface area (Å²) in [6.07, 6.45) is 2.45. The summed E-state index contributed by atoms with van der Waals surface area (Å²) < 4.78 is 14.0. The molecule has 1 rings (SSSR count). The topological polar surface area (TPSA) is 0 Å². The van der Waals surface area contributed by atoms with Crippen molar-refractivity contribution in [3.63, 3.8) is 0 Å². The minimum atomic E-state index is -0.160. The Balaban J connectivity index is 2.63. The van der Waals surface area contributed by atoms with E-state index in [1.807, 2.05) is 13.0 Å². The molecule has 0 saturated carbocycles. The van der Waals surface area contributed by atoms with Crippen LogP contribution in [0.15, 0.2) is 22.7 Å². The predicted octanol–water partition coefficient (Wildman–Crippen LogP) is 4.54. The van der Waals surface area contributed by atoms with Crippen LogP contribution in [0.5, 0.6) is 0 Å². The first-order valence-corrected chi connectivity index (χ1v) is 5.95. The zero-order valence-corrected chi connectivity index (χ0v) is 10.4. The zero-order valence-electron chi connectivity index (χ0n) is 8.06. The van der Waals surface area contributed by atoms with Gasteiger partial charge in [-0.1, -0.05) is 19.1 Å². The van der Waals surface area contributed by atoms with Crippen LogP contribution < -0.4 is 0 Å². The van der Waals surface area contributed by atoms with Crippen LogP contribution in [-0.2, 0) is 6.42 Å². The van der Waals surface area contributed by atoms with E-state index in [1.165, 1.54) is 0 Å². The van der Waals surface area contributed by atoms with Crippen LogP contribution in [0.4, 0.5) is 4.39 Å². The summed E-state index contributed by atoms with van der Waals surface area (Å²) in [5.41, 5.74) is 0.735. The first-order chi connectivity index (χ1) is 6.65. The second kappa shape index (κ2) is 5.72. The molecule has 0 N–H and O–H groups in total. The largest absolute Gasteiger partial charge is 0.205 e. The van der Waals surface area contributed by atoms with Gasteiger partial charge in [-0.05, 0) is 46.8 Å². The molecule has 1 atom stereocenters. The molecule has 0 saturated heterocycles. The molecule has 0 aliphatic heterocycles. The van der Waals surface area contributed by atoms with E-state index in [4.69, 9.17) is 11.6 Å². The molecule has 1 unspecified atom stereocenters. The van der Waals surface area contributed by atoms with E-state index in [9.17, 15) is 4.39 Å². The van der Waals surface area contributed by atoms with Gasteiger partial charge in [-0.25, -0.2) is 4.39 Å². The third-order valence-electron chi connectivity index (χ3n) is 2.20. The molecule has 0 aliphatic carbocycles. The quantitative estimate of drug-likeness (QED) is 0.710. The van der Waals surface area contributed by atoms with Crippen molar-refractivity contribution in [1.82, 2.24) is 0 Å². The third-order valence-corrected chi connectivity index (χ3v) is 3.34. The highest BCUT2D eigenvalue weighted by atomic mass is 79.9. The number of halogens is 3. The number of alkyl halides is 1. The van der Waals surface area contributed by atoms with Crippen molar-refractivity contribution in [2.45, 2.75) is 31.6 Å². The van der Waals surface area contributed by atoms with E-state index >= 15 is 0 Å². The van der Waals surface area contributed by atoms with Gasteiger partial charge < -0.3 is 0 Å². The lowest BCUT2D eigenvalue weighted by Gasteiger charge is -2.07. The van der Waals surface area contributed by atoms with E-state index in [1.54, 1.807) is 12.1 Å². The maximum Gasteiger partial charge on any atom is 0.140 e. The second-order valence-electron chi connectivity index (χ2n) is 3.26. The van der Waals surface area contributed by atoms with Crippen LogP contribution >= 0.6 is 27.5 Å². The van der Waals surface area contributed by atoms with E-state index < -0.39 is 0 Å². The molecule has 1 aromatic rings. The molecule has 1 aromatic carbocycles. The van der Waals surface area contributed by atoms with E-state index in [2.05, 4.69) is 15.9 Å². The molecular formula is C11H13BrClF. The smallest absolute Gasteiger partial charge is 0.140 e. The Hall–Kier alpha value is -0.0800. The molecule has 0 nitrogen and oxygen atoms in total. The van der Waals surface area contributed by atoms with Crippen LogP contribution in [-0.4, -0.2) is 5.38 Å². The Labute approximate surface area is 97.6 Å². The lowest BCUT2D eigenvalue weighted by Crippen LogP contribution is -2.00. The number of hydrogen-bond donors (Lipinski definition) is 0. The molecule has 0 heterocycles. The molecule has 3 heteroatoms. The Kier molecular flexibility index (Phi) is 4.90. The normalized spacial score (nSPS) is 12.9. The fraction of sp³-hybridized carbons (Fsp3) is 0.455. The first-order valence-electron chi connectivity index (χ1n) is 4.72. The van der Waals surface area contributed by atoms with Crippen molar-refractivity contribution >= 4 is 27.5 Å². The highest BCUT2D eigenvalue weighted by Crippen LogP contribution is 2.21. The highest BCUT2D eigenvalue weighted by molar-refractivity contribution is 9.10. The summed E-state index contributed by atoms with van der Waals surface area (Å²) in [6.45, 7) is 2.04. The SMILES string of the molecule is CCC(Cl)CCc1cccc(Br)c1F. The molecule has 0 aliphatic rings. The number of rotatable bonds is 4. The summed E-state index contributed by atoms with van der Waals surface area (Å²) in [5, 5.41) is 0.147. The van der Waals surface area contributed by atoms with Gasteiger partial charge in [-0.2, -0.15) is 0 Å². The van der Waals surface area contributed by atoms with Crippen molar-refractivity contribution < 1.29 is 4.39 Å². The average Bonchev–Trinajstić information content (AvgIpc) is 2.20. The molecular weight excluding hydrogens is 266 g/mol. The van der Waals surface area contributed by atoms with E-state index in [-0.39, 0.29) is 11.2 Å². The molecule has 14 heavy (non-hydrogen) atoms. The molecule has 0 bridgehead atoms. The molecule has 0 fully saturated rings. The molecule has 0 spiro atoms. The van der Waals surface area contributed by atoms with Gasteiger partial charge in [0.1, 0.15) is 5.82 Å². The summed E-state index contributed by atoms with van der Waals surface area (Å²) in [4.78, 5) is 0. The van der Waals surface area contributed by atoms with Crippen LogP contribution in [0.25, 0.3) is 0 Å². The second-order valence-corrected chi connectivity index (χ2v) is 4.73. The van der Waals surface area contributed by atoms with Gasteiger partial charge in [0.15, 0.2) is 0 Å². The average molecular weight is 280 g/mol. The fourth-order valence-electron chi connectivity index (χ4n) is 1.26. The summed E-state index contributed by atoms with van der Waals surface area (Å²) >= 11 is 9.14. The number of hydrogen-bond acceptors (Lipinski definition) is 0. The summed E-state index contributed by atoms with van der Waals surface area (Å²) in [5.74, 6) is -0.160. The van der Waals surface area contributed by atoms with Crippen molar-refractivity contribution in [2.75, 3.05) is 0 Å². The zero-order chi connectivity index (χ0) is 10.6. The van der Waals surface area contributed by atoms with Gasteiger partial charge in [0.05, 0.1) is 4.47 Å². The molecule has 0 radical (unpaired) electrons. The van der Waals surface area contributed by atoms with Crippen molar-refractivity contribution in [1.29, 1.82) is 0 Å². The van der Waals surface area contributed by atoms with Crippen molar-refractivity contribution in [3.05, 3.63) is 34.1 Å². The number of aryl methyl sites for hydroxylation is 1. The van der Waals surface area contributed by atoms with Gasteiger partial charge in [-0.15, -0.1) is 11.6 Å². The van der Waals surface area contributed by atoms with E-state index in [0.717, 1.165) is 18.4 Å². The van der Waals surface area contributed by atoms with Gasteiger partial charge in [0.25, 0.3) is 0 Å². The minimum Gasteiger partial charge on any atom is -0.205 e. The molecule has 0 amide bonds. The van der Waals surface area contributed by atoms with Crippen LogP contribution in [0.3, 0.4) is 0 Å². The lowest BCUT2D eigenvalue weighted by atomic mass is 10.1. The van der Waals surface area contributed by atoms with Crippen LogP contribution in [0.2, 0.25) is 0 Å². The van der Waals surface area contributed by atoms with Gasteiger partial charge in [0, 0.05) is 5.38 Å².